The minimum Gasteiger partial charge on any atom is -0.391 e. The van der Waals surface area contributed by atoms with Gasteiger partial charge in [0.1, 0.15) is 0 Å². The predicted molar refractivity (Wildman–Crippen MR) is 118 cm³/mol. The Bertz CT molecular complexity index is 697. The summed E-state index contributed by atoms with van der Waals surface area (Å²) in [6.45, 7) is 6.54. The van der Waals surface area contributed by atoms with Crippen molar-refractivity contribution in [2.75, 3.05) is 26.2 Å². The summed E-state index contributed by atoms with van der Waals surface area (Å²) in [6.07, 6.45) is 2.39. The number of benzene rings is 1. The van der Waals surface area contributed by atoms with Crippen molar-refractivity contribution in [3.63, 3.8) is 0 Å². The Morgan fingerprint density at radius 1 is 1.21 bits per heavy atom. The summed E-state index contributed by atoms with van der Waals surface area (Å²) in [5, 5.41) is 21.6. The average Bonchev–Trinajstić information content (AvgIpc) is 3.22. The van der Waals surface area contributed by atoms with E-state index in [0.29, 0.717) is 19.0 Å². The van der Waals surface area contributed by atoms with Crippen LogP contribution in [0.1, 0.15) is 30.9 Å². The maximum absolute atomic E-state index is 10.3. The predicted octanol–water partition coefficient (Wildman–Crippen LogP) is 2.87. The first kappa shape index (κ1) is 20.8. The first-order chi connectivity index (χ1) is 13.7. The summed E-state index contributed by atoms with van der Waals surface area (Å²) >= 11 is 1.77. The van der Waals surface area contributed by atoms with Crippen LogP contribution in [0.15, 0.2) is 52.2 Å². The average molecular weight is 401 g/mol. The molecule has 1 aliphatic rings. The van der Waals surface area contributed by atoms with E-state index in [4.69, 9.17) is 0 Å². The number of thiophene rings is 1. The summed E-state index contributed by atoms with van der Waals surface area (Å²) in [7, 11) is 0. The fourth-order valence-corrected chi connectivity index (χ4v) is 4.20. The molecule has 0 amide bonds. The van der Waals surface area contributed by atoms with Crippen molar-refractivity contribution >= 4 is 17.3 Å². The number of rotatable bonds is 8. The number of aliphatic imine (C=N–C) groups is 1. The molecule has 2 aromatic rings. The summed E-state index contributed by atoms with van der Waals surface area (Å²) in [5.41, 5.74) is 2.56. The molecule has 28 heavy (non-hydrogen) atoms. The van der Waals surface area contributed by atoms with Crippen LogP contribution in [0.4, 0.5) is 0 Å². The molecule has 1 aromatic heterocycles. The monoisotopic (exact) mass is 400 g/mol. The highest BCUT2D eigenvalue weighted by atomic mass is 32.1. The van der Waals surface area contributed by atoms with Gasteiger partial charge in [0.2, 0.25) is 0 Å². The lowest BCUT2D eigenvalue weighted by molar-refractivity contribution is 0.183. The van der Waals surface area contributed by atoms with Crippen LogP contribution in [0.2, 0.25) is 0 Å². The molecule has 1 unspecified atom stereocenters. The first-order valence-corrected chi connectivity index (χ1v) is 11.2. The van der Waals surface area contributed by atoms with Crippen LogP contribution in [0, 0.1) is 0 Å². The van der Waals surface area contributed by atoms with Crippen molar-refractivity contribution in [1.82, 2.24) is 15.5 Å². The van der Waals surface area contributed by atoms with Gasteiger partial charge in [0, 0.05) is 38.6 Å². The smallest absolute Gasteiger partial charge is 0.191 e. The molecule has 1 atom stereocenters. The van der Waals surface area contributed by atoms with Crippen molar-refractivity contribution in [3.8, 4) is 0 Å². The Kier molecular flexibility index (Phi) is 8.33. The normalized spacial score (nSPS) is 17.4. The SMILES string of the molecule is CCNC(=NCC(O)Cc1ccccc1)NC1CCN(Cc2ccsc2)CC1. The van der Waals surface area contributed by atoms with E-state index in [-0.39, 0.29) is 0 Å². The molecule has 0 bridgehead atoms. The number of aliphatic hydroxyl groups is 1. The Morgan fingerprint density at radius 2 is 2.00 bits per heavy atom. The standard InChI is InChI=1S/C22H32N4OS/c1-2-23-22(24-15-21(27)14-18-6-4-3-5-7-18)25-20-8-11-26(12-9-20)16-19-10-13-28-17-19/h3-7,10,13,17,20-21,27H,2,8-9,11-12,14-16H2,1H3,(H2,23,24,25). The van der Waals surface area contributed by atoms with Crippen LogP contribution >= 0.6 is 11.3 Å². The van der Waals surface area contributed by atoms with Gasteiger partial charge in [0.25, 0.3) is 0 Å². The van der Waals surface area contributed by atoms with Crippen LogP contribution < -0.4 is 10.6 Å². The van der Waals surface area contributed by atoms with E-state index < -0.39 is 6.10 Å². The van der Waals surface area contributed by atoms with Crippen molar-refractivity contribution in [1.29, 1.82) is 0 Å². The Labute approximate surface area is 172 Å². The lowest BCUT2D eigenvalue weighted by atomic mass is 10.0. The van der Waals surface area contributed by atoms with E-state index in [1.807, 2.05) is 30.3 Å². The van der Waals surface area contributed by atoms with Gasteiger partial charge in [-0.05, 0) is 47.7 Å². The van der Waals surface area contributed by atoms with Crippen LogP contribution in [0.3, 0.4) is 0 Å². The van der Waals surface area contributed by atoms with Crippen molar-refractivity contribution in [2.45, 2.75) is 44.9 Å². The topological polar surface area (TPSA) is 59.9 Å². The summed E-state index contributed by atoms with van der Waals surface area (Å²) in [4.78, 5) is 7.14. The molecule has 3 rings (SSSR count). The molecule has 0 radical (unpaired) electrons. The highest BCUT2D eigenvalue weighted by molar-refractivity contribution is 7.07. The number of hydrogen-bond acceptors (Lipinski definition) is 4. The molecule has 1 fully saturated rings. The Balaban J connectivity index is 1.44. The summed E-state index contributed by atoms with van der Waals surface area (Å²) < 4.78 is 0. The second-order valence-electron chi connectivity index (χ2n) is 7.39. The van der Waals surface area contributed by atoms with Crippen LogP contribution in [0.25, 0.3) is 0 Å². The van der Waals surface area contributed by atoms with E-state index in [2.05, 4.69) is 44.3 Å². The molecule has 5 nitrogen and oxygen atoms in total. The number of hydrogen-bond donors (Lipinski definition) is 3. The third kappa shape index (κ3) is 6.93. The number of likely N-dealkylation sites (tertiary alicyclic amines) is 1. The fraction of sp³-hybridized carbons (Fsp3) is 0.500. The van der Waals surface area contributed by atoms with E-state index >= 15 is 0 Å². The van der Waals surface area contributed by atoms with Crippen molar-refractivity contribution in [3.05, 3.63) is 58.3 Å². The summed E-state index contributed by atoms with van der Waals surface area (Å²) in [5.74, 6) is 0.811. The third-order valence-electron chi connectivity index (χ3n) is 5.03. The molecular formula is C22H32N4OS. The highest BCUT2D eigenvalue weighted by Gasteiger charge is 2.20. The molecule has 0 aliphatic carbocycles. The zero-order valence-electron chi connectivity index (χ0n) is 16.7. The van der Waals surface area contributed by atoms with E-state index in [9.17, 15) is 5.11 Å². The zero-order chi connectivity index (χ0) is 19.6. The minimum absolute atomic E-state index is 0.404. The van der Waals surface area contributed by atoms with Gasteiger partial charge in [0.15, 0.2) is 5.96 Å². The summed E-state index contributed by atoms with van der Waals surface area (Å²) in [6, 6.07) is 12.7. The Morgan fingerprint density at radius 3 is 2.68 bits per heavy atom. The van der Waals surface area contributed by atoms with E-state index in [0.717, 1.165) is 50.5 Å². The molecule has 3 N–H and O–H groups in total. The van der Waals surface area contributed by atoms with Crippen LogP contribution in [0.5, 0.6) is 0 Å². The Hall–Kier alpha value is -1.89. The van der Waals surface area contributed by atoms with Gasteiger partial charge in [0.05, 0.1) is 12.6 Å². The molecular weight excluding hydrogens is 368 g/mol. The van der Waals surface area contributed by atoms with Gasteiger partial charge in [-0.2, -0.15) is 11.3 Å². The number of nitrogens with one attached hydrogen (secondary N) is 2. The van der Waals surface area contributed by atoms with Gasteiger partial charge in [-0.1, -0.05) is 30.3 Å². The van der Waals surface area contributed by atoms with E-state index in [1.165, 1.54) is 5.56 Å². The molecule has 0 saturated carbocycles. The maximum atomic E-state index is 10.3. The largest absolute Gasteiger partial charge is 0.391 e. The lowest BCUT2D eigenvalue weighted by Crippen LogP contribution is -2.48. The van der Waals surface area contributed by atoms with Gasteiger partial charge in [-0.25, -0.2) is 0 Å². The van der Waals surface area contributed by atoms with E-state index in [1.54, 1.807) is 11.3 Å². The quantitative estimate of drug-likeness (QED) is 0.471. The number of aliphatic hydroxyl groups excluding tert-OH is 1. The van der Waals surface area contributed by atoms with Gasteiger partial charge in [-0.3, -0.25) is 9.89 Å². The van der Waals surface area contributed by atoms with Crippen LogP contribution in [-0.4, -0.2) is 54.3 Å². The fourth-order valence-electron chi connectivity index (χ4n) is 3.54. The van der Waals surface area contributed by atoms with Gasteiger partial charge in [-0.15, -0.1) is 0 Å². The molecule has 6 heteroatoms. The second kappa shape index (κ2) is 11.2. The lowest BCUT2D eigenvalue weighted by Gasteiger charge is -2.33. The highest BCUT2D eigenvalue weighted by Crippen LogP contribution is 2.15. The molecule has 152 valence electrons. The molecule has 2 heterocycles. The number of piperidine rings is 1. The van der Waals surface area contributed by atoms with Crippen molar-refractivity contribution in [2.24, 2.45) is 4.99 Å². The van der Waals surface area contributed by atoms with Crippen LogP contribution in [-0.2, 0) is 13.0 Å². The molecule has 1 aliphatic heterocycles. The molecule has 1 saturated heterocycles. The molecule has 1 aromatic carbocycles. The third-order valence-corrected chi connectivity index (χ3v) is 5.77. The minimum atomic E-state index is -0.467. The van der Waals surface area contributed by atoms with Gasteiger partial charge >= 0.3 is 0 Å². The number of guanidine groups is 1. The maximum Gasteiger partial charge on any atom is 0.191 e. The second-order valence-corrected chi connectivity index (χ2v) is 8.17. The zero-order valence-corrected chi connectivity index (χ0v) is 17.5. The van der Waals surface area contributed by atoms with Gasteiger partial charge < -0.3 is 15.7 Å². The number of nitrogens with zero attached hydrogens (tertiary/aromatic N) is 2. The molecule has 0 spiro atoms. The first-order valence-electron chi connectivity index (χ1n) is 10.2. The van der Waals surface area contributed by atoms with Crippen molar-refractivity contribution < 1.29 is 5.11 Å².